The Labute approximate surface area is 126 Å². The van der Waals surface area contributed by atoms with Gasteiger partial charge in [-0.25, -0.2) is 0 Å². The number of halogens is 3. The molecular weight excluding hydrogens is 418 g/mol. The van der Waals surface area contributed by atoms with Gasteiger partial charge in [0.1, 0.15) is 9.45 Å². The van der Waals surface area contributed by atoms with Crippen molar-refractivity contribution in [2.45, 2.75) is 6.54 Å². The highest BCUT2D eigenvalue weighted by atomic mass is 127. The molecule has 0 aliphatic carbocycles. The molecule has 2 aromatic rings. The van der Waals surface area contributed by atoms with Gasteiger partial charge in [0, 0.05) is 10.7 Å². The lowest BCUT2D eigenvalue weighted by atomic mass is 10.2. The first kappa shape index (κ1) is 13.2. The fourth-order valence-corrected chi connectivity index (χ4v) is 2.37. The zero-order valence-electron chi connectivity index (χ0n) is 8.95. The van der Waals surface area contributed by atoms with Gasteiger partial charge in [0.2, 0.25) is 0 Å². The number of benzene rings is 1. The van der Waals surface area contributed by atoms with Crippen LogP contribution in [0.15, 0.2) is 28.9 Å². The van der Waals surface area contributed by atoms with Crippen LogP contribution < -0.4 is 4.74 Å². The quantitative estimate of drug-likeness (QED) is 0.694. The van der Waals surface area contributed by atoms with E-state index in [2.05, 4.69) is 43.6 Å². The molecule has 0 spiro atoms. The number of hydrogen-bond donors (Lipinski definition) is 0. The highest BCUT2D eigenvalue weighted by molar-refractivity contribution is 14.1. The van der Waals surface area contributed by atoms with E-state index in [1.54, 1.807) is 7.11 Å². The molecule has 0 saturated carbocycles. The van der Waals surface area contributed by atoms with Crippen LogP contribution in [0.2, 0.25) is 5.02 Å². The maximum Gasteiger partial charge on any atom is 0.141 e. The van der Waals surface area contributed by atoms with E-state index >= 15 is 0 Å². The minimum absolute atomic E-state index is 0.653. The van der Waals surface area contributed by atoms with Gasteiger partial charge in [-0.15, -0.1) is 0 Å². The van der Waals surface area contributed by atoms with E-state index in [0.717, 1.165) is 19.5 Å². The predicted molar refractivity (Wildman–Crippen MR) is 79.8 cm³/mol. The summed E-state index contributed by atoms with van der Waals surface area (Å²) in [5, 5.41) is 4.98. The summed E-state index contributed by atoms with van der Waals surface area (Å²) in [6, 6.07) is 5.85. The molecule has 1 aromatic carbocycles. The summed E-state index contributed by atoms with van der Waals surface area (Å²) >= 11 is 11.6. The number of ether oxygens (including phenoxy) is 1. The minimum atomic E-state index is 0.653. The van der Waals surface area contributed by atoms with Crippen molar-refractivity contribution < 1.29 is 4.74 Å². The second kappa shape index (κ2) is 5.58. The van der Waals surface area contributed by atoms with Crippen LogP contribution in [0.1, 0.15) is 5.56 Å². The van der Waals surface area contributed by atoms with Crippen LogP contribution in [0, 0.1) is 3.70 Å². The molecule has 6 heteroatoms. The van der Waals surface area contributed by atoms with Gasteiger partial charge in [-0.1, -0.05) is 27.5 Å². The maximum atomic E-state index is 5.97. The molecule has 0 amide bonds. The van der Waals surface area contributed by atoms with Gasteiger partial charge < -0.3 is 4.74 Å². The van der Waals surface area contributed by atoms with Crippen molar-refractivity contribution >= 4 is 50.1 Å². The molecule has 2 rings (SSSR count). The van der Waals surface area contributed by atoms with Crippen molar-refractivity contribution in [1.82, 2.24) is 9.78 Å². The van der Waals surface area contributed by atoms with Gasteiger partial charge in [-0.2, -0.15) is 5.10 Å². The second-order valence-electron chi connectivity index (χ2n) is 3.42. The third-order valence-corrected chi connectivity index (χ3v) is 4.43. The maximum absolute atomic E-state index is 5.97. The van der Waals surface area contributed by atoms with Gasteiger partial charge >= 0.3 is 0 Å². The van der Waals surface area contributed by atoms with E-state index in [0.29, 0.717) is 11.6 Å². The molecule has 0 aliphatic heterocycles. The summed E-state index contributed by atoms with van der Waals surface area (Å²) in [5.74, 6) is 0.830. The molecule has 90 valence electrons. The molecule has 0 bridgehead atoms. The number of methoxy groups -OCH3 is 1. The molecule has 0 radical (unpaired) electrons. The Kier molecular flexibility index (Phi) is 4.32. The SMILES string of the molecule is COc1ccc(Br)c(Cn2cc(Cl)c(I)n2)c1. The number of aromatic nitrogens is 2. The van der Waals surface area contributed by atoms with E-state index in [9.17, 15) is 0 Å². The lowest BCUT2D eigenvalue weighted by Gasteiger charge is -2.07. The zero-order valence-corrected chi connectivity index (χ0v) is 13.5. The largest absolute Gasteiger partial charge is 0.497 e. The molecule has 1 heterocycles. The predicted octanol–water partition coefficient (Wildman–Crippen LogP) is 3.96. The van der Waals surface area contributed by atoms with E-state index in [1.165, 1.54) is 0 Å². The van der Waals surface area contributed by atoms with Crippen LogP contribution in [0.25, 0.3) is 0 Å². The van der Waals surface area contributed by atoms with Crippen LogP contribution in [0.5, 0.6) is 5.75 Å². The van der Waals surface area contributed by atoms with Gasteiger partial charge in [0.15, 0.2) is 0 Å². The normalized spacial score (nSPS) is 10.6. The topological polar surface area (TPSA) is 27.1 Å². The van der Waals surface area contributed by atoms with Crippen LogP contribution in [0.3, 0.4) is 0 Å². The van der Waals surface area contributed by atoms with Crippen molar-refractivity contribution in [3.63, 3.8) is 0 Å². The molecule has 17 heavy (non-hydrogen) atoms. The number of hydrogen-bond acceptors (Lipinski definition) is 2. The van der Waals surface area contributed by atoms with Crippen molar-refractivity contribution in [2.75, 3.05) is 7.11 Å². The fraction of sp³-hybridized carbons (Fsp3) is 0.182. The summed E-state index contributed by atoms with van der Waals surface area (Å²) in [5.41, 5.74) is 1.10. The molecule has 1 aromatic heterocycles. The van der Waals surface area contributed by atoms with E-state index < -0.39 is 0 Å². The van der Waals surface area contributed by atoms with Gasteiger partial charge in [-0.05, 0) is 46.4 Å². The third kappa shape index (κ3) is 3.14. The minimum Gasteiger partial charge on any atom is -0.497 e. The standard InChI is InChI=1S/C11H9BrClIN2O/c1-17-8-2-3-9(12)7(4-8)5-16-6-10(13)11(14)15-16/h2-4,6H,5H2,1H3. The van der Waals surface area contributed by atoms with Crippen molar-refractivity contribution in [3.8, 4) is 5.75 Å². The molecule has 0 N–H and O–H groups in total. The molecule has 3 nitrogen and oxygen atoms in total. The Morgan fingerprint density at radius 3 is 2.88 bits per heavy atom. The van der Waals surface area contributed by atoms with Crippen molar-refractivity contribution in [2.24, 2.45) is 0 Å². The number of rotatable bonds is 3. The Hall–Kier alpha value is -0.270. The van der Waals surface area contributed by atoms with Crippen LogP contribution in [-0.4, -0.2) is 16.9 Å². The fourth-order valence-electron chi connectivity index (χ4n) is 1.43. The monoisotopic (exact) mass is 426 g/mol. The first-order chi connectivity index (χ1) is 8.10. The summed E-state index contributed by atoms with van der Waals surface area (Å²) in [4.78, 5) is 0. The molecule has 0 atom stereocenters. The lowest BCUT2D eigenvalue weighted by Crippen LogP contribution is -2.01. The van der Waals surface area contributed by atoms with Crippen molar-refractivity contribution in [1.29, 1.82) is 0 Å². The smallest absolute Gasteiger partial charge is 0.141 e. The Morgan fingerprint density at radius 1 is 1.53 bits per heavy atom. The van der Waals surface area contributed by atoms with Crippen LogP contribution >= 0.6 is 50.1 Å². The molecule has 0 aliphatic rings. The van der Waals surface area contributed by atoms with Gasteiger partial charge in [0.25, 0.3) is 0 Å². The number of nitrogens with zero attached hydrogens (tertiary/aromatic N) is 2. The highest BCUT2D eigenvalue weighted by Crippen LogP contribution is 2.24. The zero-order chi connectivity index (χ0) is 12.4. The second-order valence-corrected chi connectivity index (χ2v) is 5.71. The summed E-state index contributed by atoms with van der Waals surface area (Å²) < 4.78 is 8.84. The Bertz CT molecular complexity index is 525. The molecular formula is C11H9BrClIN2O. The molecule has 0 fully saturated rings. The van der Waals surface area contributed by atoms with E-state index in [-0.39, 0.29) is 0 Å². The summed E-state index contributed by atoms with van der Waals surface area (Å²) in [6.45, 7) is 0.653. The van der Waals surface area contributed by atoms with Crippen LogP contribution in [-0.2, 0) is 6.54 Å². The molecule has 0 saturated heterocycles. The highest BCUT2D eigenvalue weighted by Gasteiger charge is 2.07. The summed E-state index contributed by atoms with van der Waals surface area (Å²) in [6.07, 6.45) is 1.81. The third-order valence-electron chi connectivity index (χ3n) is 2.26. The van der Waals surface area contributed by atoms with E-state index in [4.69, 9.17) is 16.3 Å². The van der Waals surface area contributed by atoms with Crippen LogP contribution in [0.4, 0.5) is 0 Å². The lowest BCUT2D eigenvalue weighted by molar-refractivity contribution is 0.414. The van der Waals surface area contributed by atoms with E-state index in [1.807, 2.05) is 29.1 Å². The van der Waals surface area contributed by atoms with Gasteiger partial charge in [-0.3, -0.25) is 4.68 Å². The average Bonchev–Trinajstić information content (AvgIpc) is 2.61. The summed E-state index contributed by atoms with van der Waals surface area (Å²) in [7, 11) is 1.65. The Balaban J connectivity index is 2.28. The Morgan fingerprint density at radius 2 is 2.29 bits per heavy atom. The average molecular weight is 427 g/mol. The molecule has 0 unspecified atom stereocenters. The van der Waals surface area contributed by atoms with Gasteiger partial charge in [0.05, 0.1) is 18.7 Å². The van der Waals surface area contributed by atoms with Crippen molar-refractivity contribution in [3.05, 3.63) is 43.2 Å². The first-order valence-electron chi connectivity index (χ1n) is 4.81. The first-order valence-corrected chi connectivity index (χ1v) is 7.06.